The maximum absolute atomic E-state index is 12.8. The van der Waals surface area contributed by atoms with E-state index in [4.69, 9.17) is 9.47 Å². The molecule has 0 unspecified atom stereocenters. The quantitative estimate of drug-likeness (QED) is 0.521. The lowest BCUT2D eigenvalue weighted by molar-refractivity contribution is -0.122. The number of H-pyrrole nitrogens is 1. The number of carbonyl (C=O) groups is 1. The summed E-state index contributed by atoms with van der Waals surface area (Å²) in [5.74, 6) is 1.35. The van der Waals surface area contributed by atoms with Crippen molar-refractivity contribution in [3.05, 3.63) is 59.8 Å². The zero-order valence-electron chi connectivity index (χ0n) is 18.5. The lowest BCUT2D eigenvalue weighted by Gasteiger charge is -2.23. The fourth-order valence-corrected chi connectivity index (χ4v) is 4.35. The number of benzene rings is 2. The summed E-state index contributed by atoms with van der Waals surface area (Å²) < 4.78 is 11.3. The van der Waals surface area contributed by atoms with Crippen LogP contribution in [0.1, 0.15) is 36.8 Å². The van der Waals surface area contributed by atoms with E-state index in [0.29, 0.717) is 30.6 Å². The van der Waals surface area contributed by atoms with Gasteiger partial charge in [0.25, 0.3) is 0 Å². The highest BCUT2D eigenvalue weighted by Gasteiger charge is 2.29. The molecule has 0 bridgehead atoms. The van der Waals surface area contributed by atoms with Crippen LogP contribution in [0.2, 0.25) is 0 Å². The number of aromatic amines is 1. The van der Waals surface area contributed by atoms with Gasteiger partial charge in [0, 0.05) is 41.2 Å². The molecular weight excluding hydrogens is 390 g/mol. The Bertz CT molecular complexity index is 1040. The molecule has 1 aliphatic carbocycles. The third-order valence-electron chi connectivity index (χ3n) is 6.12. The summed E-state index contributed by atoms with van der Waals surface area (Å²) in [6, 6.07) is 14.7. The van der Waals surface area contributed by atoms with Crippen LogP contribution in [0.5, 0.6) is 11.5 Å². The van der Waals surface area contributed by atoms with Gasteiger partial charge in [-0.3, -0.25) is 9.69 Å². The van der Waals surface area contributed by atoms with Crippen LogP contribution in [-0.2, 0) is 4.79 Å². The van der Waals surface area contributed by atoms with E-state index in [9.17, 15) is 4.79 Å². The Morgan fingerprint density at radius 1 is 1.13 bits per heavy atom. The minimum absolute atomic E-state index is 0.0560. The first-order valence-electron chi connectivity index (χ1n) is 10.9. The molecular formula is C25H31N3O3. The van der Waals surface area contributed by atoms with Gasteiger partial charge in [0.2, 0.25) is 5.91 Å². The summed E-state index contributed by atoms with van der Waals surface area (Å²) in [6.07, 6.45) is 4.42. The number of para-hydroxylation sites is 2. The number of nitrogens with zero attached hydrogens (tertiary/aromatic N) is 1. The van der Waals surface area contributed by atoms with E-state index >= 15 is 0 Å². The van der Waals surface area contributed by atoms with E-state index < -0.39 is 0 Å². The van der Waals surface area contributed by atoms with E-state index in [2.05, 4.69) is 34.3 Å². The zero-order valence-corrected chi connectivity index (χ0v) is 18.5. The molecule has 0 saturated heterocycles. The molecule has 1 amide bonds. The molecule has 2 N–H and O–H groups in total. The number of ether oxygens (including phenoxy) is 2. The molecule has 31 heavy (non-hydrogen) atoms. The molecule has 1 aromatic heterocycles. The van der Waals surface area contributed by atoms with Crippen molar-refractivity contribution in [2.45, 2.75) is 31.7 Å². The summed E-state index contributed by atoms with van der Waals surface area (Å²) in [5, 5.41) is 4.32. The second kappa shape index (κ2) is 9.43. The van der Waals surface area contributed by atoms with Gasteiger partial charge in [-0.25, -0.2) is 0 Å². The van der Waals surface area contributed by atoms with Crippen LogP contribution in [0.25, 0.3) is 10.9 Å². The van der Waals surface area contributed by atoms with Gasteiger partial charge in [-0.1, -0.05) is 37.3 Å². The Morgan fingerprint density at radius 3 is 2.65 bits per heavy atom. The maximum Gasteiger partial charge on any atom is 0.234 e. The number of hydrogen-bond donors (Lipinski definition) is 2. The molecule has 0 radical (unpaired) electrons. The fraction of sp³-hybridized carbons (Fsp3) is 0.400. The number of fused-ring (bicyclic) bond motifs is 1. The number of likely N-dealkylation sites (N-methyl/N-ethyl adjacent to an activating group) is 1. The van der Waals surface area contributed by atoms with Crippen molar-refractivity contribution in [3.63, 3.8) is 0 Å². The van der Waals surface area contributed by atoms with Crippen LogP contribution >= 0.6 is 0 Å². The number of hydrogen-bond acceptors (Lipinski definition) is 4. The summed E-state index contributed by atoms with van der Waals surface area (Å²) in [6.45, 7) is 3.93. The van der Waals surface area contributed by atoms with E-state index in [1.165, 1.54) is 12.8 Å². The lowest BCUT2D eigenvalue weighted by Crippen LogP contribution is -2.39. The minimum Gasteiger partial charge on any atom is -0.493 e. The van der Waals surface area contributed by atoms with Crippen LogP contribution in [0.3, 0.4) is 0 Å². The molecule has 1 fully saturated rings. The second-order valence-electron chi connectivity index (χ2n) is 8.02. The monoisotopic (exact) mass is 421 g/mol. The third-order valence-corrected chi connectivity index (χ3v) is 6.12. The first-order chi connectivity index (χ1) is 15.2. The van der Waals surface area contributed by atoms with E-state index in [1.807, 2.05) is 36.5 Å². The lowest BCUT2D eigenvalue weighted by atomic mass is 9.90. The molecule has 0 spiro atoms. The molecule has 2 aromatic carbocycles. The van der Waals surface area contributed by atoms with Crippen LogP contribution in [-0.4, -0.2) is 55.7 Å². The van der Waals surface area contributed by atoms with Gasteiger partial charge >= 0.3 is 0 Å². The maximum atomic E-state index is 12.8. The minimum atomic E-state index is -0.0823. The van der Waals surface area contributed by atoms with Crippen molar-refractivity contribution in [2.24, 2.45) is 0 Å². The number of amides is 1. The summed E-state index contributed by atoms with van der Waals surface area (Å²) >= 11 is 0. The van der Waals surface area contributed by atoms with Gasteiger partial charge in [-0.2, -0.15) is 0 Å². The average molecular weight is 422 g/mol. The van der Waals surface area contributed by atoms with Crippen molar-refractivity contribution in [1.29, 1.82) is 0 Å². The first kappa shape index (κ1) is 21.2. The topological polar surface area (TPSA) is 66.6 Å². The van der Waals surface area contributed by atoms with Gasteiger partial charge in [-0.05, 0) is 37.1 Å². The highest BCUT2D eigenvalue weighted by Crippen LogP contribution is 2.40. The van der Waals surface area contributed by atoms with Gasteiger partial charge in [0.1, 0.15) is 0 Å². The highest BCUT2D eigenvalue weighted by molar-refractivity contribution is 5.85. The smallest absolute Gasteiger partial charge is 0.234 e. The molecule has 1 atom stereocenters. The molecule has 1 aliphatic rings. The SMILES string of the molecule is CCN(CC(=O)NC[C@H](c1cccc(OC)c1OC)c1c[nH]c2ccccc12)C1CC1. The fourth-order valence-electron chi connectivity index (χ4n) is 4.35. The Balaban J connectivity index is 1.64. The number of carbonyl (C=O) groups excluding carboxylic acids is 1. The molecule has 6 nitrogen and oxygen atoms in total. The van der Waals surface area contributed by atoms with E-state index in [1.54, 1.807) is 14.2 Å². The number of rotatable bonds is 10. The molecule has 6 heteroatoms. The molecule has 164 valence electrons. The van der Waals surface area contributed by atoms with Gasteiger partial charge in [-0.15, -0.1) is 0 Å². The summed E-state index contributed by atoms with van der Waals surface area (Å²) in [7, 11) is 3.29. The highest BCUT2D eigenvalue weighted by atomic mass is 16.5. The van der Waals surface area contributed by atoms with Crippen molar-refractivity contribution in [2.75, 3.05) is 33.9 Å². The zero-order chi connectivity index (χ0) is 21.8. The van der Waals surface area contributed by atoms with Gasteiger partial charge < -0.3 is 19.8 Å². The first-order valence-corrected chi connectivity index (χ1v) is 10.9. The molecule has 1 heterocycles. The predicted molar refractivity (Wildman–Crippen MR) is 123 cm³/mol. The Kier molecular flexibility index (Phi) is 6.47. The van der Waals surface area contributed by atoms with Gasteiger partial charge in [0.05, 0.1) is 20.8 Å². The van der Waals surface area contributed by atoms with Crippen molar-refractivity contribution >= 4 is 16.8 Å². The van der Waals surface area contributed by atoms with Crippen molar-refractivity contribution in [3.8, 4) is 11.5 Å². The van der Waals surface area contributed by atoms with Crippen molar-refractivity contribution in [1.82, 2.24) is 15.2 Å². The Morgan fingerprint density at radius 2 is 1.94 bits per heavy atom. The van der Waals surface area contributed by atoms with Crippen LogP contribution in [0.15, 0.2) is 48.7 Å². The second-order valence-corrected chi connectivity index (χ2v) is 8.02. The predicted octanol–water partition coefficient (Wildman–Crippen LogP) is 3.92. The van der Waals surface area contributed by atoms with Crippen molar-refractivity contribution < 1.29 is 14.3 Å². The summed E-state index contributed by atoms with van der Waals surface area (Å²) in [5.41, 5.74) is 3.18. The van der Waals surface area contributed by atoms with Crippen LogP contribution in [0, 0.1) is 0 Å². The normalized spacial score (nSPS) is 14.6. The summed E-state index contributed by atoms with van der Waals surface area (Å²) in [4.78, 5) is 18.4. The largest absolute Gasteiger partial charge is 0.493 e. The average Bonchev–Trinajstić information content (AvgIpc) is 3.57. The Hall–Kier alpha value is -2.99. The third kappa shape index (κ3) is 4.54. The molecule has 0 aliphatic heterocycles. The van der Waals surface area contributed by atoms with Gasteiger partial charge in [0.15, 0.2) is 11.5 Å². The number of methoxy groups -OCH3 is 2. The molecule has 3 aromatic rings. The van der Waals surface area contributed by atoms with Crippen LogP contribution in [0.4, 0.5) is 0 Å². The van der Waals surface area contributed by atoms with Crippen LogP contribution < -0.4 is 14.8 Å². The molecule has 1 saturated carbocycles. The van der Waals surface area contributed by atoms with E-state index in [-0.39, 0.29) is 11.8 Å². The molecule has 4 rings (SSSR count). The number of aromatic nitrogens is 1. The number of nitrogens with one attached hydrogen (secondary N) is 2. The Labute approximate surface area is 183 Å². The van der Waals surface area contributed by atoms with E-state index in [0.717, 1.165) is 28.6 Å². The standard InChI is InChI=1S/C25H31N3O3/c1-4-28(17-12-13-17)16-24(29)27-15-21(19-9-7-11-23(30-2)25(19)31-3)20-14-26-22-10-6-5-8-18(20)22/h5-11,14,17,21,26H,4,12-13,15-16H2,1-3H3,(H,27,29)/t21-/m1/s1.